The zero-order valence-corrected chi connectivity index (χ0v) is 12.7. The van der Waals surface area contributed by atoms with Crippen molar-refractivity contribution in [2.24, 2.45) is 5.92 Å². The van der Waals surface area contributed by atoms with E-state index in [0.717, 1.165) is 12.8 Å². The molecular weight excluding hydrogens is 292 g/mol. The van der Waals surface area contributed by atoms with Gasteiger partial charge in [0.2, 0.25) is 17.7 Å². The van der Waals surface area contributed by atoms with E-state index < -0.39 is 0 Å². The lowest BCUT2D eigenvalue weighted by atomic mass is 9.89. The van der Waals surface area contributed by atoms with E-state index in [1.54, 1.807) is 0 Å². The Morgan fingerprint density at radius 2 is 2.14 bits per heavy atom. The fourth-order valence-corrected chi connectivity index (χ4v) is 3.51. The average molecular weight is 311 g/mol. The van der Waals surface area contributed by atoms with Gasteiger partial charge < -0.3 is 10.1 Å². The highest BCUT2D eigenvalue weighted by atomic mass is 35.5. The van der Waals surface area contributed by atoms with Gasteiger partial charge in [-0.05, 0) is 31.6 Å². The summed E-state index contributed by atoms with van der Waals surface area (Å²) >= 11 is 5.86. The fraction of sp³-hybridized carbons (Fsp3) is 0.643. The second kappa shape index (κ2) is 6.15. The Balaban J connectivity index is 1.58. The summed E-state index contributed by atoms with van der Waals surface area (Å²) < 4.78 is 5.01. The van der Waals surface area contributed by atoms with Gasteiger partial charge in [0.05, 0.1) is 7.11 Å². The van der Waals surface area contributed by atoms with Crippen molar-refractivity contribution in [2.45, 2.75) is 44.2 Å². The van der Waals surface area contributed by atoms with Crippen molar-refractivity contribution in [1.29, 1.82) is 0 Å². The number of hydrogen-bond donors (Lipinski definition) is 2. The molecule has 2 N–H and O–H groups in total. The van der Waals surface area contributed by atoms with E-state index in [1.807, 2.05) is 0 Å². The topological polar surface area (TPSA) is 76.1 Å². The molecule has 2 aliphatic rings. The number of nitrogens with one attached hydrogen (secondary N) is 2. The SMILES string of the molecule is COc1cc(Cl)nc(NC(=O)CC2CC3CCC(C2)N3)n1. The Morgan fingerprint density at radius 3 is 2.81 bits per heavy atom. The molecule has 0 aliphatic carbocycles. The van der Waals surface area contributed by atoms with Crippen LogP contribution >= 0.6 is 11.6 Å². The standard InChI is InChI=1S/C14H19ClN4O2/c1-21-13-7-11(15)17-14(19-13)18-12(20)6-8-4-9-2-3-10(5-8)16-9/h7-10,16H,2-6H2,1H3,(H,17,18,19,20). The summed E-state index contributed by atoms with van der Waals surface area (Å²) in [4.78, 5) is 20.2. The van der Waals surface area contributed by atoms with Crippen LogP contribution in [0.15, 0.2) is 6.07 Å². The molecule has 2 fully saturated rings. The lowest BCUT2D eigenvalue weighted by molar-refractivity contribution is -0.117. The first kappa shape index (κ1) is 14.5. The van der Waals surface area contributed by atoms with Crippen molar-refractivity contribution in [3.8, 4) is 5.88 Å². The van der Waals surface area contributed by atoms with Crippen LogP contribution in [0.4, 0.5) is 5.95 Å². The van der Waals surface area contributed by atoms with Gasteiger partial charge in [0, 0.05) is 24.6 Å². The zero-order valence-electron chi connectivity index (χ0n) is 11.9. The summed E-state index contributed by atoms with van der Waals surface area (Å²) in [7, 11) is 1.50. The Morgan fingerprint density at radius 1 is 1.43 bits per heavy atom. The number of aromatic nitrogens is 2. The first-order chi connectivity index (χ1) is 10.1. The minimum atomic E-state index is -0.0642. The maximum absolute atomic E-state index is 12.1. The minimum Gasteiger partial charge on any atom is -0.481 e. The number of methoxy groups -OCH3 is 1. The number of nitrogens with zero attached hydrogens (tertiary/aromatic N) is 2. The number of anilines is 1. The molecule has 2 atom stereocenters. The molecule has 2 bridgehead atoms. The lowest BCUT2D eigenvalue weighted by Gasteiger charge is -2.28. The smallest absolute Gasteiger partial charge is 0.234 e. The molecule has 114 valence electrons. The van der Waals surface area contributed by atoms with Crippen LogP contribution in [0.2, 0.25) is 5.15 Å². The normalized spacial score (nSPS) is 27.4. The van der Waals surface area contributed by atoms with Crippen LogP contribution in [0.3, 0.4) is 0 Å². The van der Waals surface area contributed by atoms with Gasteiger partial charge in [-0.2, -0.15) is 4.98 Å². The zero-order chi connectivity index (χ0) is 14.8. The summed E-state index contributed by atoms with van der Waals surface area (Å²) in [5.41, 5.74) is 0. The third kappa shape index (κ3) is 3.63. The molecule has 1 aromatic heterocycles. The van der Waals surface area contributed by atoms with Crippen LogP contribution in [-0.2, 0) is 4.79 Å². The number of piperidine rings is 1. The first-order valence-electron chi connectivity index (χ1n) is 7.27. The molecule has 6 nitrogen and oxygen atoms in total. The van der Waals surface area contributed by atoms with Crippen LogP contribution in [0.25, 0.3) is 0 Å². The van der Waals surface area contributed by atoms with Crippen molar-refractivity contribution in [3.05, 3.63) is 11.2 Å². The number of rotatable bonds is 4. The molecule has 1 amide bonds. The average Bonchev–Trinajstić information content (AvgIpc) is 2.77. The molecule has 0 aromatic carbocycles. The molecule has 2 aliphatic heterocycles. The van der Waals surface area contributed by atoms with Gasteiger partial charge in [0.25, 0.3) is 0 Å². The van der Waals surface area contributed by atoms with Gasteiger partial charge in [-0.15, -0.1) is 0 Å². The van der Waals surface area contributed by atoms with E-state index in [1.165, 1.54) is 26.0 Å². The molecule has 3 heterocycles. The van der Waals surface area contributed by atoms with E-state index in [9.17, 15) is 4.79 Å². The quantitative estimate of drug-likeness (QED) is 0.832. The summed E-state index contributed by atoms with van der Waals surface area (Å²) in [6, 6.07) is 2.68. The first-order valence-corrected chi connectivity index (χ1v) is 7.64. The Bertz CT molecular complexity index is 528. The van der Waals surface area contributed by atoms with Crippen molar-refractivity contribution in [3.63, 3.8) is 0 Å². The minimum absolute atomic E-state index is 0.0642. The van der Waals surface area contributed by atoms with Gasteiger partial charge >= 0.3 is 0 Å². The van der Waals surface area contributed by atoms with Crippen LogP contribution in [0.5, 0.6) is 5.88 Å². The number of ether oxygens (including phenoxy) is 1. The lowest BCUT2D eigenvalue weighted by Crippen LogP contribution is -2.39. The summed E-state index contributed by atoms with van der Waals surface area (Å²) in [6.07, 6.45) is 5.12. The van der Waals surface area contributed by atoms with Crippen molar-refractivity contribution < 1.29 is 9.53 Å². The number of carbonyl (C=O) groups is 1. The summed E-state index contributed by atoms with van der Waals surface area (Å²) in [6.45, 7) is 0. The summed E-state index contributed by atoms with van der Waals surface area (Å²) in [5.74, 6) is 0.905. The molecule has 2 unspecified atom stereocenters. The molecule has 0 saturated carbocycles. The molecule has 21 heavy (non-hydrogen) atoms. The fourth-order valence-electron chi connectivity index (χ4n) is 3.34. The molecule has 1 aromatic rings. The maximum Gasteiger partial charge on any atom is 0.234 e. The largest absolute Gasteiger partial charge is 0.481 e. The third-order valence-corrected chi connectivity index (χ3v) is 4.37. The van der Waals surface area contributed by atoms with Crippen LogP contribution in [0, 0.1) is 5.92 Å². The molecule has 0 spiro atoms. The number of amides is 1. The van der Waals surface area contributed by atoms with E-state index in [-0.39, 0.29) is 17.0 Å². The van der Waals surface area contributed by atoms with Crippen LogP contribution in [-0.4, -0.2) is 35.1 Å². The molecule has 3 rings (SSSR count). The predicted octanol–water partition coefficient (Wildman–Crippen LogP) is 2.00. The summed E-state index contributed by atoms with van der Waals surface area (Å²) in [5, 5.41) is 6.53. The van der Waals surface area contributed by atoms with E-state index >= 15 is 0 Å². The van der Waals surface area contributed by atoms with Gasteiger partial charge in [0.15, 0.2) is 0 Å². The predicted molar refractivity (Wildman–Crippen MR) is 79.5 cm³/mol. The van der Waals surface area contributed by atoms with Gasteiger partial charge in [-0.3, -0.25) is 10.1 Å². The number of carbonyl (C=O) groups excluding carboxylic acids is 1. The number of hydrogen-bond acceptors (Lipinski definition) is 5. The second-order valence-corrected chi connectivity index (χ2v) is 6.17. The Kier molecular flexibility index (Phi) is 4.26. The molecule has 7 heteroatoms. The van der Waals surface area contributed by atoms with Crippen LogP contribution in [0.1, 0.15) is 32.1 Å². The monoisotopic (exact) mass is 310 g/mol. The van der Waals surface area contributed by atoms with E-state index in [0.29, 0.717) is 30.3 Å². The van der Waals surface area contributed by atoms with Crippen LogP contribution < -0.4 is 15.4 Å². The highest BCUT2D eigenvalue weighted by Crippen LogP contribution is 2.32. The molecule has 0 radical (unpaired) electrons. The molecule has 2 saturated heterocycles. The third-order valence-electron chi connectivity index (χ3n) is 4.18. The Hall–Kier alpha value is -1.40. The van der Waals surface area contributed by atoms with Gasteiger partial charge in [-0.1, -0.05) is 11.6 Å². The highest BCUT2D eigenvalue weighted by Gasteiger charge is 2.34. The van der Waals surface area contributed by atoms with Crippen molar-refractivity contribution in [1.82, 2.24) is 15.3 Å². The highest BCUT2D eigenvalue weighted by molar-refractivity contribution is 6.29. The van der Waals surface area contributed by atoms with Crippen molar-refractivity contribution in [2.75, 3.05) is 12.4 Å². The second-order valence-electron chi connectivity index (χ2n) is 5.78. The van der Waals surface area contributed by atoms with Crippen molar-refractivity contribution >= 4 is 23.5 Å². The van der Waals surface area contributed by atoms with E-state index in [4.69, 9.17) is 16.3 Å². The van der Waals surface area contributed by atoms with E-state index in [2.05, 4.69) is 20.6 Å². The Labute approximate surface area is 128 Å². The number of fused-ring (bicyclic) bond motifs is 2. The molecular formula is C14H19ClN4O2. The number of halogens is 1. The van der Waals surface area contributed by atoms with Gasteiger partial charge in [0.1, 0.15) is 5.15 Å². The maximum atomic E-state index is 12.1. The van der Waals surface area contributed by atoms with Gasteiger partial charge in [-0.25, -0.2) is 4.98 Å².